The molecule has 2 N–H and O–H groups in total. The number of aromatic nitrogens is 1. The summed E-state index contributed by atoms with van der Waals surface area (Å²) in [6.07, 6.45) is 5.87. The molecule has 0 aliphatic carbocycles. The molecule has 122 valence electrons. The molecule has 0 spiro atoms. The summed E-state index contributed by atoms with van der Waals surface area (Å²) < 4.78 is 0. The van der Waals surface area contributed by atoms with Crippen molar-refractivity contribution in [3.63, 3.8) is 0 Å². The predicted octanol–water partition coefficient (Wildman–Crippen LogP) is 2.97. The van der Waals surface area contributed by atoms with Gasteiger partial charge in [-0.25, -0.2) is 0 Å². The number of nitrogens with two attached hydrogens (primary N) is 1. The Labute approximate surface area is 145 Å². The highest BCUT2D eigenvalue weighted by Gasteiger charge is 2.05. The normalized spacial score (nSPS) is 9.91. The van der Waals surface area contributed by atoms with Crippen LogP contribution in [-0.2, 0) is 12.8 Å². The topological polar surface area (TPSA) is 42.1 Å². The Morgan fingerprint density at radius 2 is 1.45 bits per heavy atom. The summed E-state index contributed by atoms with van der Waals surface area (Å²) in [6, 6.07) is 14.7. The van der Waals surface area contributed by atoms with Gasteiger partial charge in [-0.2, -0.15) is 0 Å². The number of benzene rings is 1. The molecule has 0 unspecified atom stereocenters. The SMILES string of the molecule is Cl.Cl.NCCN(CCc1ccccc1)CCc1cccnc1. The van der Waals surface area contributed by atoms with Gasteiger partial charge in [0, 0.05) is 38.6 Å². The maximum atomic E-state index is 5.71. The summed E-state index contributed by atoms with van der Waals surface area (Å²) >= 11 is 0. The Morgan fingerprint density at radius 3 is 2.05 bits per heavy atom. The van der Waals surface area contributed by atoms with Gasteiger partial charge >= 0.3 is 0 Å². The lowest BCUT2D eigenvalue weighted by Crippen LogP contribution is -2.33. The Balaban J connectivity index is 0.00000220. The maximum Gasteiger partial charge on any atom is 0.0300 e. The van der Waals surface area contributed by atoms with Crippen LogP contribution in [0.2, 0.25) is 0 Å². The molecule has 0 saturated heterocycles. The van der Waals surface area contributed by atoms with Crippen LogP contribution in [0.25, 0.3) is 0 Å². The first-order valence-corrected chi connectivity index (χ1v) is 7.24. The summed E-state index contributed by atoms with van der Waals surface area (Å²) in [5.41, 5.74) is 8.38. The molecule has 3 nitrogen and oxygen atoms in total. The second kappa shape index (κ2) is 12.4. The van der Waals surface area contributed by atoms with Crippen molar-refractivity contribution in [1.29, 1.82) is 0 Å². The number of halogens is 2. The third-order valence-electron chi connectivity index (χ3n) is 3.44. The number of nitrogens with zero attached hydrogens (tertiary/aromatic N) is 2. The first kappa shape index (κ1) is 20.9. The average Bonchev–Trinajstić information content (AvgIpc) is 2.52. The minimum absolute atomic E-state index is 0. The quantitative estimate of drug-likeness (QED) is 0.802. The van der Waals surface area contributed by atoms with Crippen molar-refractivity contribution in [3.05, 3.63) is 66.0 Å². The van der Waals surface area contributed by atoms with E-state index >= 15 is 0 Å². The standard InChI is InChI=1S/C17H23N3.2ClH/c18-10-14-20(12-8-16-5-2-1-3-6-16)13-9-17-7-4-11-19-15-17;;/h1-7,11,15H,8-10,12-14,18H2;2*1H. The summed E-state index contributed by atoms with van der Waals surface area (Å²) in [5.74, 6) is 0. The molecular formula is C17H25Cl2N3. The van der Waals surface area contributed by atoms with E-state index in [0.29, 0.717) is 6.54 Å². The van der Waals surface area contributed by atoms with Gasteiger partial charge in [0.25, 0.3) is 0 Å². The van der Waals surface area contributed by atoms with Crippen LogP contribution in [-0.4, -0.2) is 36.1 Å². The molecule has 1 aromatic carbocycles. The molecular weight excluding hydrogens is 317 g/mol. The zero-order valence-electron chi connectivity index (χ0n) is 12.7. The molecule has 2 aromatic rings. The van der Waals surface area contributed by atoms with Gasteiger partial charge in [0.1, 0.15) is 0 Å². The number of pyridine rings is 1. The van der Waals surface area contributed by atoms with Crippen molar-refractivity contribution in [2.45, 2.75) is 12.8 Å². The second-order valence-electron chi connectivity index (χ2n) is 4.98. The molecule has 0 aliphatic rings. The van der Waals surface area contributed by atoms with Crippen molar-refractivity contribution >= 4 is 24.8 Å². The van der Waals surface area contributed by atoms with Gasteiger partial charge in [0.15, 0.2) is 0 Å². The molecule has 0 aliphatic heterocycles. The molecule has 0 saturated carbocycles. The maximum absolute atomic E-state index is 5.71. The lowest BCUT2D eigenvalue weighted by Gasteiger charge is -2.21. The van der Waals surface area contributed by atoms with Crippen LogP contribution < -0.4 is 5.73 Å². The fourth-order valence-corrected chi connectivity index (χ4v) is 2.28. The molecule has 22 heavy (non-hydrogen) atoms. The monoisotopic (exact) mass is 341 g/mol. The molecule has 0 radical (unpaired) electrons. The minimum Gasteiger partial charge on any atom is -0.329 e. The third-order valence-corrected chi connectivity index (χ3v) is 3.44. The molecule has 0 bridgehead atoms. The van der Waals surface area contributed by atoms with Crippen LogP contribution in [0.4, 0.5) is 0 Å². The first-order chi connectivity index (χ1) is 9.88. The smallest absolute Gasteiger partial charge is 0.0300 e. The van der Waals surface area contributed by atoms with Crippen LogP contribution in [0.3, 0.4) is 0 Å². The van der Waals surface area contributed by atoms with Crippen LogP contribution in [0.1, 0.15) is 11.1 Å². The fraction of sp³-hybridized carbons (Fsp3) is 0.353. The third kappa shape index (κ3) is 7.76. The van der Waals surface area contributed by atoms with Crippen molar-refractivity contribution in [2.24, 2.45) is 5.73 Å². The van der Waals surface area contributed by atoms with Crippen molar-refractivity contribution in [3.8, 4) is 0 Å². The Morgan fingerprint density at radius 1 is 0.818 bits per heavy atom. The molecule has 1 heterocycles. The highest BCUT2D eigenvalue weighted by atomic mass is 35.5. The van der Waals surface area contributed by atoms with E-state index in [1.54, 1.807) is 0 Å². The first-order valence-electron chi connectivity index (χ1n) is 7.24. The number of hydrogen-bond donors (Lipinski definition) is 1. The molecule has 1 aromatic heterocycles. The van der Waals surface area contributed by atoms with E-state index in [9.17, 15) is 0 Å². The Kier molecular flexibility index (Phi) is 11.8. The summed E-state index contributed by atoms with van der Waals surface area (Å²) in [7, 11) is 0. The highest BCUT2D eigenvalue weighted by molar-refractivity contribution is 5.85. The summed E-state index contributed by atoms with van der Waals surface area (Å²) in [5, 5.41) is 0. The average molecular weight is 342 g/mol. The zero-order chi connectivity index (χ0) is 14.0. The van der Waals surface area contributed by atoms with E-state index < -0.39 is 0 Å². The van der Waals surface area contributed by atoms with Crippen LogP contribution in [0.15, 0.2) is 54.9 Å². The molecule has 0 atom stereocenters. The Hall–Kier alpha value is -1.13. The fourth-order valence-electron chi connectivity index (χ4n) is 2.28. The molecule has 0 fully saturated rings. The van der Waals surface area contributed by atoms with E-state index in [-0.39, 0.29) is 24.8 Å². The van der Waals surface area contributed by atoms with Crippen LogP contribution >= 0.6 is 24.8 Å². The van der Waals surface area contributed by atoms with Gasteiger partial charge in [-0.3, -0.25) is 4.98 Å². The number of rotatable bonds is 8. The highest BCUT2D eigenvalue weighted by Crippen LogP contribution is 2.03. The van der Waals surface area contributed by atoms with E-state index in [1.807, 2.05) is 18.5 Å². The second-order valence-corrected chi connectivity index (χ2v) is 4.98. The van der Waals surface area contributed by atoms with Gasteiger partial charge in [-0.05, 0) is 30.0 Å². The predicted molar refractivity (Wildman–Crippen MR) is 98.1 cm³/mol. The van der Waals surface area contributed by atoms with Crippen LogP contribution in [0, 0.1) is 0 Å². The van der Waals surface area contributed by atoms with E-state index in [1.165, 1.54) is 11.1 Å². The van der Waals surface area contributed by atoms with Crippen molar-refractivity contribution in [1.82, 2.24) is 9.88 Å². The van der Waals surface area contributed by atoms with E-state index in [4.69, 9.17) is 5.73 Å². The Bertz CT molecular complexity index is 436. The molecule has 0 amide bonds. The zero-order valence-corrected chi connectivity index (χ0v) is 14.4. The number of hydrogen-bond acceptors (Lipinski definition) is 3. The molecule has 2 rings (SSSR count). The largest absolute Gasteiger partial charge is 0.329 e. The van der Waals surface area contributed by atoms with Gasteiger partial charge in [-0.1, -0.05) is 36.4 Å². The lowest BCUT2D eigenvalue weighted by atomic mass is 10.1. The van der Waals surface area contributed by atoms with E-state index in [2.05, 4.69) is 46.3 Å². The van der Waals surface area contributed by atoms with Gasteiger partial charge in [0.2, 0.25) is 0 Å². The van der Waals surface area contributed by atoms with Crippen LogP contribution in [0.5, 0.6) is 0 Å². The van der Waals surface area contributed by atoms with Crippen molar-refractivity contribution in [2.75, 3.05) is 26.2 Å². The lowest BCUT2D eigenvalue weighted by molar-refractivity contribution is 0.288. The summed E-state index contributed by atoms with van der Waals surface area (Å²) in [4.78, 5) is 6.59. The summed E-state index contributed by atoms with van der Waals surface area (Å²) in [6.45, 7) is 3.76. The van der Waals surface area contributed by atoms with Crippen molar-refractivity contribution < 1.29 is 0 Å². The van der Waals surface area contributed by atoms with Gasteiger partial charge in [0.05, 0.1) is 0 Å². The van der Waals surface area contributed by atoms with Gasteiger partial charge in [-0.15, -0.1) is 24.8 Å². The van der Waals surface area contributed by atoms with E-state index in [0.717, 1.165) is 32.5 Å². The molecule has 5 heteroatoms. The van der Waals surface area contributed by atoms with Gasteiger partial charge < -0.3 is 10.6 Å². The minimum atomic E-state index is 0.